The van der Waals surface area contributed by atoms with Gasteiger partial charge in [0.2, 0.25) is 0 Å². The summed E-state index contributed by atoms with van der Waals surface area (Å²) in [6, 6.07) is 7.72. The Morgan fingerprint density at radius 2 is 2.14 bits per heavy atom. The van der Waals surface area contributed by atoms with E-state index in [1.807, 2.05) is 41.1 Å². The van der Waals surface area contributed by atoms with E-state index in [4.69, 9.17) is 16.6 Å². The van der Waals surface area contributed by atoms with Crippen molar-refractivity contribution < 1.29 is 0 Å². The van der Waals surface area contributed by atoms with E-state index in [1.54, 1.807) is 6.20 Å². The number of imidazole rings is 1. The van der Waals surface area contributed by atoms with E-state index in [0.29, 0.717) is 10.9 Å². The first kappa shape index (κ1) is 14.9. The van der Waals surface area contributed by atoms with Crippen LogP contribution < -0.4 is 5.32 Å². The molecule has 0 saturated carbocycles. The van der Waals surface area contributed by atoms with Crippen LogP contribution in [-0.2, 0) is 0 Å². The molecule has 3 aromatic heterocycles. The normalized spacial score (nSPS) is 11.3. The van der Waals surface area contributed by atoms with Crippen LogP contribution in [0.5, 0.6) is 0 Å². The van der Waals surface area contributed by atoms with E-state index >= 15 is 0 Å². The Morgan fingerprint density at radius 3 is 2.86 bits per heavy atom. The molecular weight excluding hydrogens is 296 g/mol. The zero-order valence-corrected chi connectivity index (χ0v) is 13.5. The summed E-state index contributed by atoms with van der Waals surface area (Å²) >= 11 is 6.14. The maximum atomic E-state index is 6.14. The summed E-state index contributed by atoms with van der Waals surface area (Å²) in [6.45, 7) is 5.33. The number of hydrogen-bond acceptors (Lipinski definition) is 3. The third-order valence-corrected chi connectivity index (χ3v) is 3.76. The standard InChI is InChI=1S/C17H19ClN4/c1-12(2)7-9-20-17-16(13-4-3-8-19-10-13)21-15-6-5-14(18)11-22(15)17/h3-6,8,10-12,20H,7,9H2,1-2H3. The molecule has 0 radical (unpaired) electrons. The molecule has 3 heterocycles. The topological polar surface area (TPSA) is 42.2 Å². The summed E-state index contributed by atoms with van der Waals surface area (Å²) < 4.78 is 2.00. The van der Waals surface area contributed by atoms with Crippen LogP contribution >= 0.6 is 11.6 Å². The second-order valence-electron chi connectivity index (χ2n) is 5.74. The lowest BCUT2D eigenvalue weighted by Crippen LogP contribution is -2.07. The molecule has 3 aromatic rings. The minimum atomic E-state index is 0.650. The summed E-state index contributed by atoms with van der Waals surface area (Å²) in [6.07, 6.45) is 6.58. The van der Waals surface area contributed by atoms with Crippen molar-refractivity contribution in [2.75, 3.05) is 11.9 Å². The fraction of sp³-hybridized carbons (Fsp3) is 0.294. The Hall–Kier alpha value is -2.07. The molecule has 0 aromatic carbocycles. The third-order valence-electron chi connectivity index (χ3n) is 3.53. The van der Waals surface area contributed by atoms with Crippen LogP contribution in [0.4, 0.5) is 5.82 Å². The molecular formula is C17H19ClN4. The highest BCUT2D eigenvalue weighted by atomic mass is 35.5. The number of aromatic nitrogens is 3. The van der Waals surface area contributed by atoms with Crippen molar-refractivity contribution in [1.29, 1.82) is 0 Å². The Balaban J connectivity index is 2.06. The van der Waals surface area contributed by atoms with E-state index < -0.39 is 0 Å². The Bertz CT molecular complexity index is 765. The monoisotopic (exact) mass is 314 g/mol. The van der Waals surface area contributed by atoms with Crippen molar-refractivity contribution in [2.45, 2.75) is 20.3 Å². The average Bonchev–Trinajstić information content (AvgIpc) is 2.86. The molecule has 0 aliphatic rings. The Kier molecular flexibility index (Phi) is 4.29. The van der Waals surface area contributed by atoms with Gasteiger partial charge in [0.25, 0.3) is 0 Å². The maximum Gasteiger partial charge on any atom is 0.139 e. The zero-order valence-electron chi connectivity index (χ0n) is 12.8. The molecule has 0 atom stereocenters. The summed E-state index contributed by atoms with van der Waals surface area (Å²) in [5.41, 5.74) is 2.77. The van der Waals surface area contributed by atoms with Crippen LogP contribution in [-0.4, -0.2) is 20.9 Å². The molecule has 3 rings (SSSR count). The van der Waals surface area contributed by atoms with E-state index in [0.717, 1.165) is 35.7 Å². The van der Waals surface area contributed by atoms with E-state index in [9.17, 15) is 0 Å². The van der Waals surface area contributed by atoms with Crippen molar-refractivity contribution >= 4 is 23.1 Å². The molecule has 0 unspecified atom stereocenters. The van der Waals surface area contributed by atoms with Gasteiger partial charge in [0.05, 0.1) is 5.02 Å². The van der Waals surface area contributed by atoms with Crippen molar-refractivity contribution in [3.63, 3.8) is 0 Å². The molecule has 0 fully saturated rings. The van der Waals surface area contributed by atoms with Crippen molar-refractivity contribution in [1.82, 2.24) is 14.4 Å². The fourth-order valence-corrected chi connectivity index (χ4v) is 2.53. The van der Waals surface area contributed by atoms with Gasteiger partial charge in [-0.1, -0.05) is 25.4 Å². The van der Waals surface area contributed by atoms with Crippen LogP contribution in [0, 0.1) is 5.92 Å². The first-order valence-corrected chi connectivity index (χ1v) is 7.85. The summed E-state index contributed by atoms with van der Waals surface area (Å²) in [5.74, 6) is 1.61. The predicted octanol–water partition coefficient (Wildman–Crippen LogP) is 4.51. The van der Waals surface area contributed by atoms with Gasteiger partial charge in [0, 0.05) is 30.7 Å². The highest BCUT2D eigenvalue weighted by molar-refractivity contribution is 6.30. The summed E-state index contributed by atoms with van der Waals surface area (Å²) in [5, 5.41) is 4.20. The minimum absolute atomic E-state index is 0.650. The number of fused-ring (bicyclic) bond motifs is 1. The van der Waals surface area contributed by atoms with Gasteiger partial charge in [-0.3, -0.25) is 9.38 Å². The van der Waals surface area contributed by atoms with Gasteiger partial charge in [-0.2, -0.15) is 0 Å². The first-order valence-electron chi connectivity index (χ1n) is 7.47. The number of nitrogens with one attached hydrogen (secondary N) is 1. The third kappa shape index (κ3) is 3.07. The second-order valence-corrected chi connectivity index (χ2v) is 6.17. The van der Waals surface area contributed by atoms with Gasteiger partial charge < -0.3 is 5.32 Å². The highest BCUT2D eigenvalue weighted by Gasteiger charge is 2.14. The molecule has 22 heavy (non-hydrogen) atoms. The average molecular weight is 315 g/mol. The Labute approximate surface area is 135 Å². The number of pyridine rings is 2. The number of anilines is 1. The van der Waals surface area contributed by atoms with Gasteiger partial charge in [0.1, 0.15) is 17.2 Å². The first-order chi connectivity index (χ1) is 10.6. The lowest BCUT2D eigenvalue weighted by atomic mass is 10.1. The smallest absolute Gasteiger partial charge is 0.139 e. The van der Waals surface area contributed by atoms with E-state index in [-0.39, 0.29) is 0 Å². The molecule has 1 N–H and O–H groups in total. The molecule has 0 aliphatic carbocycles. The summed E-state index contributed by atoms with van der Waals surface area (Å²) in [7, 11) is 0. The van der Waals surface area contributed by atoms with E-state index in [1.165, 1.54) is 0 Å². The quantitative estimate of drug-likeness (QED) is 0.753. The van der Waals surface area contributed by atoms with Crippen LogP contribution in [0.1, 0.15) is 20.3 Å². The molecule has 5 heteroatoms. The van der Waals surface area contributed by atoms with Gasteiger partial charge >= 0.3 is 0 Å². The minimum Gasteiger partial charge on any atom is -0.369 e. The van der Waals surface area contributed by atoms with Gasteiger partial charge in [-0.05, 0) is 36.6 Å². The molecule has 0 bridgehead atoms. The van der Waals surface area contributed by atoms with Crippen LogP contribution in [0.2, 0.25) is 5.02 Å². The molecule has 0 aliphatic heterocycles. The van der Waals surface area contributed by atoms with Crippen LogP contribution in [0.15, 0.2) is 42.9 Å². The SMILES string of the molecule is CC(C)CCNc1c(-c2cccnc2)nc2ccc(Cl)cn12. The predicted molar refractivity (Wildman–Crippen MR) is 91.4 cm³/mol. The van der Waals surface area contributed by atoms with Gasteiger partial charge in [-0.25, -0.2) is 4.98 Å². The largest absolute Gasteiger partial charge is 0.369 e. The highest BCUT2D eigenvalue weighted by Crippen LogP contribution is 2.29. The lowest BCUT2D eigenvalue weighted by Gasteiger charge is -2.10. The van der Waals surface area contributed by atoms with Crippen LogP contribution in [0.3, 0.4) is 0 Å². The van der Waals surface area contributed by atoms with Crippen molar-refractivity contribution in [2.24, 2.45) is 5.92 Å². The summed E-state index contributed by atoms with van der Waals surface area (Å²) in [4.78, 5) is 8.92. The van der Waals surface area contributed by atoms with Crippen LogP contribution in [0.25, 0.3) is 16.9 Å². The molecule has 0 saturated heterocycles. The maximum absolute atomic E-state index is 6.14. The number of nitrogens with zero attached hydrogens (tertiary/aromatic N) is 3. The zero-order chi connectivity index (χ0) is 15.5. The Morgan fingerprint density at radius 1 is 1.27 bits per heavy atom. The van der Waals surface area contributed by atoms with Gasteiger partial charge in [0.15, 0.2) is 0 Å². The molecule has 4 nitrogen and oxygen atoms in total. The number of hydrogen-bond donors (Lipinski definition) is 1. The van der Waals surface area contributed by atoms with Crippen molar-refractivity contribution in [3.05, 3.63) is 47.9 Å². The fourth-order valence-electron chi connectivity index (χ4n) is 2.37. The molecule has 0 spiro atoms. The second kappa shape index (κ2) is 6.36. The number of rotatable bonds is 5. The molecule has 0 amide bonds. The van der Waals surface area contributed by atoms with E-state index in [2.05, 4.69) is 24.1 Å². The van der Waals surface area contributed by atoms with Crippen molar-refractivity contribution in [3.8, 4) is 11.3 Å². The molecule has 114 valence electrons. The number of halogens is 1. The lowest BCUT2D eigenvalue weighted by molar-refractivity contribution is 0.606. The van der Waals surface area contributed by atoms with Gasteiger partial charge in [-0.15, -0.1) is 0 Å².